The molecule has 5 nitrogen and oxygen atoms in total. The summed E-state index contributed by atoms with van der Waals surface area (Å²) in [7, 11) is 0. The Morgan fingerprint density at radius 1 is 1.09 bits per heavy atom. The first-order valence-electron chi connectivity index (χ1n) is 10.00. The molecule has 0 saturated carbocycles. The van der Waals surface area contributed by atoms with Crippen molar-refractivity contribution in [3.8, 4) is 0 Å². The molecule has 0 spiro atoms. The lowest BCUT2D eigenvalue weighted by atomic mass is 10.1. The Bertz CT molecular complexity index is 1350. The molecular weight excluding hydrogens is 447 g/mol. The zero-order valence-corrected chi connectivity index (χ0v) is 18.6. The van der Waals surface area contributed by atoms with Crippen molar-refractivity contribution in [1.29, 1.82) is 0 Å². The van der Waals surface area contributed by atoms with E-state index < -0.39 is 12.0 Å². The molecular formula is C24H18ClFN4OS. The average Bonchev–Trinajstić information content (AvgIpc) is 2.78. The summed E-state index contributed by atoms with van der Waals surface area (Å²) in [5.74, 6) is -0.187. The van der Waals surface area contributed by atoms with Crippen molar-refractivity contribution in [2.45, 2.75) is 18.8 Å². The summed E-state index contributed by atoms with van der Waals surface area (Å²) >= 11 is 7.76. The monoisotopic (exact) mass is 464 g/mol. The number of para-hydroxylation sites is 1. The molecule has 5 rings (SSSR count). The van der Waals surface area contributed by atoms with Crippen LogP contribution >= 0.6 is 23.4 Å². The van der Waals surface area contributed by atoms with E-state index in [1.807, 2.05) is 43.3 Å². The van der Waals surface area contributed by atoms with Crippen LogP contribution in [0.4, 0.5) is 4.39 Å². The molecule has 2 aliphatic rings. The molecule has 8 heteroatoms. The molecule has 0 unspecified atom stereocenters. The molecule has 0 bridgehead atoms. The van der Waals surface area contributed by atoms with Crippen LogP contribution in [0.1, 0.15) is 22.9 Å². The van der Waals surface area contributed by atoms with Gasteiger partial charge in [0.15, 0.2) is 11.3 Å². The van der Waals surface area contributed by atoms with Crippen molar-refractivity contribution >= 4 is 40.1 Å². The van der Waals surface area contributed by atoms with Crippen molar-refractivity contribution in [3.05, 3.63) is 105 Å². The maximum Gasteiger partial charge on any atom is 0.276 e. The number of carbonyl (C=O) groups excluding carboxylic acids is 1. The number of carbonyl (C=O) groups is 1. The highest BCUT2D eigenvalue weighted by Gasteiger charge is 2.36. The van der Waals surface area contributed by atoms with Gasteiger partial charge >= 0.3 is 0 Å². The first kappa shape index (κ1) is 20.7. The topological polar surface area (TPSA) is 57.1 Å². The maximum atomic E-state index is 14.8. The number of hydrogen-bond donors (Lipinski definition) is 1. The molecule has 3 aromatic carbocycles. The first-order valence-corrected chi connectivity index (χ1v) is 11.4. The Morgan fingerprint density at radius 3 is 2.66 bits per heavy atom. The SMILES string of the molecule is Cc1ccc(CSC2=NN3C(=c4ccccc4=N[C@H]3c3c(F)cccc3Cl)C(=O)N2)cc1. The van der Waals surface area contributed by atoms with E-state index in [-0.39, 0.29) is 16.5 Å². The van der Waals surface area contributed by atoms with E-state index in [0.717, 1.165) is 5.56 Å². The van der Waals surface area contributed by atoms with Gasteiger partial charge in [-0.1, -0.05) is 77.5 Å². The van der Waals surface area contributed by atoms with Crippen molar-refractivity contribution in [2.75, 3.05) is 0 Å². The number of halogens is 2. The fourth-order valence-electron chi connectivity index (χ4n) is 3.67. The summed E-state index contributed by atoms with van der Waals surface area (Å²) in [6, 6.07) is 19.9. The third-order valence-electron chi connectivity index (χ3n) is 5.27. The second-order valence-electron chi connectivity index (χ2n) is 7.48. The Kier molecular flexibility index (Phi) is 5.45. The van der Waals surface area contributed by atoms with Gasteiger partial charge in [0.25, 0.3) is 5.91 Å². The largest absolute Gasteiger partial charge is 0.298 e. The smallest absolute Gasteiger partial charge is 0.276 e. The number of thioether (sulfide) groups is 1. The fourth-order valence-corrected chi connectivity index (χ4v) is 4.74. The van der Waals surface area contributed by atoms with Gasteiger partial charge in [-0.15, -0.1) is 5.10 Å². The number of aryl methyl sites for hydroxylation is 1. The van der Waals surface area contributed by atoms with E-state index in [1.165, 1.54) is 34.5 Å². The standard InChI is InChI=1S/C24H18ClFN4OS/c1-14-9-11-15(12-10-14)13-32-24-28-23(31)21-16-5-2-3-8-19(16)27-22(30(21)29-24)20-17(25)6-4-7-18(20)26/h2-12,22H,13H2,1H3,(H,28,29,31)/t22-/m1/s1. The predicted molar refractivity (Wildman–Crippen MR) is 125 cm³/mol. The van der Waals surface area contributed by atoms with Gasteiger partial charge < -0.3 is 0 Å². The summed E-state index contributed by atoms with van der Waals surface area (Å²) in [6.07, 6.45) is -0.894. The number of nitrogens with zero attached hydrogens (tertiary/aromatic N) is 3. The van der Waals surface area contributed by atoms with Crippen LogP contribution in [0, 0.1) is 12.7 Å². The Hall–Kier alpha value is -3.16. The quantitative estimate of drug-likeness (QED) is 0.640. The van der Waals surface area contributed by atoms with Crippen molar-refractivity contribution in [3.63, 3.8) is 0 Å². The number of rotatable bonds is 3. The molecule has 3 aromatic rings. The predicted octanol–water partition coefficient (Wildman–Crippen LogP) is 3.86. The van der Waals surface area contributed by atoms with E-state index in [1.54, 1.807) is 18.2 Å². The number of fused-ring (bicyclic) bond motifs is 2. The Labute approximate surface area is 193 Å². The van der Waals surface area contributed by atoms with Gasteiger partial charge in [-0.05, 0) is 30.7 Å². The fraction of sp³-hybridized carbons (Fsp3) is 0.125. The van der Waals surface area contributed by atoms with Crippen molar-refractivity contribution in [2.24, 2.45) is 10.1 Å². The number of amides is 1. The summed E-state index contributed by atoms with van der Waals surface area (Å²) in [5, 5.41) is 10.9. The number of amidine groups is 1. The number of nitrogens with one attached hydrogen (secondary N) is 1. The molecule has 32 heavy (non-hydrogen) atoms. The first-order chi connectivity index (χ1) is 15.5. The number of hydrogen-bond acceptors (Lipinski definition) is 5. The van der Waals surface area contributed by atoms with Crippen molar-refractivity contribution < 1.29 is 9.18 Å². The van der Waals surface area contributed by atoms with E-state index in [9.17, 15) is 9.18 Å². The van der Waals surface area contributed by atoms with Crippen LogP contribution in [-0.2, 0) is 10.5 Å². The molecule has 0 aliphatic carbocycles. The second kappa shape index (κ2) is 8.41. The highest BCUT2D eigenvalue weighted by atomic mass is 35.5. The van der Waals surface area contributed by atoms with Crippen molar-refractivity contribution in [1.82, 2.24) is 10.3 Å². The molecule has 0 radical (unpaired) electrons. The van der Waals surface area contributed by atoms with Gasteiger partial charge in [-0.3, -0.25) is 15.1 Å². The third-order valence-corrected chi connectivity index (χ3v) is 6.53. The molecule has 1 N–H and O–H groups in total. The summed E-state index contributed by atoms with van der Waals surface area (Å²) in [6.45, 7) is 2.03. The van der Waals surface area contributed by atoms with Gasteiger partial charge in [0.05, 0.1) is 15.9 Å². The second-order valence-corrected chi connectivity index (χ2v) is 8.85. The van der Waals surface area contributed by atoms with Crippen LogP contribution in [0.25, 0.3) is 5.70 Å². The van der Waals surface area contributed by atoms with E-state index in [0.29, 0.717) is 27.2 Å². The minimum atomic E-state index is -0.894. The van der Waals surface area contributed by atoms with Gasteiger partial charge in [-0.2, -0.15) is 0 Å². The minimum Gasteiger partial charge on any atom is -0.298 e. The van der Waals surface area contributed by atoms with Gasteiger partial charge in [0, 0.05) is 11.0 Å². The lowest BCUT2D eigenvalue weighted by Gasteiger charge is -2.34. The zero-order chi connectivity index (χ0) is 22.2. The van der Waals surface area contributed by atoms with Crippen LogP contribution in [0.2, 0.25) is 5.02 Å². The van der Waals surface area contributed by atoms with Crippen LogP contribution in [-0.4, -0.2) is 16.1 Å². The average molecular weight is 465 g/mol. The zero-order valence-electron chi connectivity index (χ0n) is 17.0. The summed E-state index contributed by atoms with van der Waals surface area (Å²) in [5.41, 5.74) is 2.79. The Balaban J connectivity index is 1.59. The molecule has 1 atom stereocenters. The van der Waals surface area contributed by atoms with E-state index in [2.05, 4.69) is 10.4 Å². The lowest BCUT2D eigenvalue weighted by molar-refractivity contribution is -0.116. The van der Waals surface area contributed by atoms with Crippen LogP contribution < -0.4 is 15.9 Å². The van der Waals surface area contributed by atoms with E-state index >= 15 is 0 Å². The number of hydrazone groups is 1. The van der Waals surface area contributed by atoms with E-state index in [4.69, 9.17) is 16.6 Å². The maximum absolute atomic E-state index is 14.8. The van der Waals surface area contributed by atoms with Crippen LogP contribution in [0.3, 0.4) is 0 Å². The van der Waals surface area contributed by atoms with Gasteiger partial charge in [0.1, 0.15) is 11.5 Å². The molecule has 160 valence electrons. The highest BCUT2D eigenvalue weighted by Crippen LogP contribution is 2.36. The third kappa shape index (κ3) is 3.78. The highest BCUT2D eigenvalue weighted by molar-refractivity contribution is 8.13. The summed E-state index contributed by atoms with van der Waals surface area (Å²) < 4.78 is 14.8. The summed E-state index contributed by atoms with van der Waals surface area (Å²) in [4.78, 5) is 17.9. The molecule has 2 aliphatic heterocycles. The van der Waals surface area contributed by atoms with Crippen LogP contribution in [0.15, 0.2) is 76.8 Å². The molecule has 2 heterocycles. The Morgan fingerprint density at radius 2 is 1.88 bits per heavy atom. The molecule has 0 fully saturated rings. The molecule has 0 aromatic heterocycles. The number of benzene rings is 3. The molecule has 0 saturated heterocycles. The van der Waals surface area contributed by atoms with Gasteiger partial charge in [-0.25, -0.2) is 9.40 Å². The minimum absolute atomic E-state index is 0.183. The lowest BCUT2D eigenvalue weighted by Crippen LogP contribution is -2.50. The normalized spacial score (nSPS) is 17.2. The molecule has 1 amide bonds. The van der Waals surface area contributed by atoms with Crippen LogP contribution in [0.5, 0.6) is 0 Å². The van der Waals surface area contributed by atoms with Gasteiger partial charge in [0.2, 0.25) is 0 Å².